The minimum Gasteiger partial charge on any atom is -0.497 e. The van der Waals surface area contributed by atoms with E-state index in [1.165, 1.54) is 6.07 Å². The largest absolute Gasteiger partial charge is 0.497 e. The molecule has 3 rings (SSSR count). The Labute approximate surface area is 143 Å². The van der Waals surface area contributed by atoms with Crippen molar-refractivity contribution < 1.29 is 23.0 Å². The van der Waals surface area contributed by atoms with Crippen molar-refractivity contribution in [1.29, 1.82) is 0 Å². The molecule has 0 bridgehead atoms. The lowest BCUT2D eigenvalue weighted by Crippen LogP contribution is -2.25. The summed E-state index contributed by atoms with van der Waals surface area (Å²) < 4.78 is 44.1. The third-order valence-electron chi connectivity index (χ3n) is 4.37. The fourth-order valence-electron chi connectivity index (χ4n) is 3.20. The van der Waals surface area contributed by atoms with Crippen LogP contribution in [-0.4, -0.2) is 34.7 Å². The van der Waals surface area contributed by atoms with E-state index in [1.807, 2.05) is 4.90 Å². The molecular weight excluding hydrogens is 333 g/mol. The number of halogens is 3. The molecule has 2 aromatic rings. The van der Waals surface area contributed by atoms with E-state index < -0.39 is 17.8 Å². The predicted octanol–water partition coefficient (Wildman–Crippen LogP) is 3.42. The summed E-state index contributed by atoms with van der Waals surface area (Å²) in [6.45, 7) is 0.814. The molecule has 0 amide bonds. The highest BCUT2D eigenvalue weighted by Gasteiger charge is 2.35. The number of methoxy groups -OCH3 is 1. The summed E-state index contributed by atoms with van der Waals surface area (Å²) in [7, 11) is 1.56. The van der Waals surface area contributed by atoms with E-state index in [0.717, 1.165) is 17.8 Å². The summed E-state index contributed by atoms with van der Waals surface area (Å²) in [5, 5.41) is 10.0. The number of hydrogen-bond acceptors (Lipinski definition) is 4. The molecule has 1 aromatic carbocycles. The van der Waals surface area contributed by atoms with Crippen LogP contribution in [0.2, 0.25) is 0 Å². The van der Waals surface area contributed by atoms with Gasteiger partial charge in [-0.15, -0.1) is 0 Å². The van der Waals surface area contributed by atoms with Gasteiger partial charge in [-0.05, 0) is 30.2 Å². The molecule has 7 heteroatoms. The second-order valence-corrected chi connectivity index (χ2v) is 6.14. The van der Waals surface area contributed by atoms with E-state index in [0.29, 0.717) is 30.8 Å². The summed E-state index contributed by atoms with van der Waals surface area (Å²) in [6, 6.07) is 8.53. The van der Waals surface area contributed by atoms with Crippen molar-refractivity contribution in [3.05, 3.63) is 59.4 Å². The molecule has 2 heterocycles. The maximum absolute atomic E-state index is 13.0. The Bertz CT molecular complexity index is 736. The zero-order valence-electron chi connectivity index (χ0n) is 13.7. The van der Waals surface area contributed by atoms with Gasteiger partial charge in [0.15, 0.2) is 0 Å². The SMILES string of the molecule is COc1ccnc(CN2C[C@@H](O)C[C@@H]2c2cccc(C(F)(F)F)c2)c1. The fourth-order valence-corrected chi connectivity index (χ4v) is 3.20. The summed E-state index contributed by atoms with van der Waals surface area (Å²) in [5.74, 6) is 0.667. The second-order valence-electron chi connectivity index (χ2n) is 6.14. The molecule has 1 N–H and O–H groups in total. The average Bonchev–Trinajstić information content (AvgIpc) is 2.95. The molecule has 1 fully saturated rings. The van der Waals surface area contributed by atoms with Crippen molar-refractivity contribution in [1.82, 2.24) is 9.88 Å². The van der Waals surface area contributed by atoms with Gasteiger partial charge in [-0.1, -0.05) is 12.1 Å². The van der Waals surface area contributed by atoms with Crippen LogP contribution in [0.15, 0.2) is 42.6 Å². The van der Waals surface area contributed by atoms with E-state index in [1.54, 1.807) is 31.5 Å². The Morgan fingerprint density at radius 1 is 1.28 bits per heavy atom. The van der Waals surface area contributed by atoms with Crippen LogP contribution in [0.4, 0.5) is 13.2 Å². The lowest BCUT2D eigenvalue weighted by Gasteiger charge is -2.25. The van der Waals surface area contributed by atoms with E-state index in [2.05, 4.69) is 4.98 Å². The average molecular weight is 352 g/mol. The summed E-state index contributed by atoms with van der Waals surface area (Å²) >= 11 is 0. The maximum atomic E-state index is 13.0. The van der Waals surface area contributed by atoms with Gasteiger partial charge >= 0.3 is 6.18 Å². The molecule has 0 unspecified atom stereocenters. The first-order valence-corrected chi connectivity index (χ1v) is 7.95. The van der Waals surface area contributed by atoms with Crippen LogP contribution in [0.3, 0.4) is 0 Å². The number of ether oxygens (including phenoxy) is 1. The number of β-amino-alcohol motifs (C(OH)–C–C–N with tert-alkyl or cyclic N) is 1. The molecule has 134 valence electrons. The number of benzene rings is 1. The minimum atomic E-state index is -4.38. The van der Waals surface area contributed by atoms with Gasteiger partial charge in [0.2, 0.25) is 0 Å². The fraction of sp³-hybridized carbons (Fsp3) is 0.389. The number of aliphatic hydroxyl groups is 1. The number of rotatable bonds is 4. The van der Waals surface area contributed by atoms with Crippen LogP contribution < -0.4 is 4.74 Å². The van der Waals surface area contributed by atoms with Crippen molar-refractivity contribution in [3.63, 3.8) is 0 Å². The molecule has 0 saturated carbocycles. The van der Waals surface area contributed by atoms with Crippen LogP contribution in [0.1, 0.15) is 29.3 Å². The molecule has 1 aliphatic rings. The Kier molecular flexibility index (Phi) is 4.96. The number of hydrogen-bond donors (Lipinski definition) is 1. The lowest BCUT2D eigenvalue weighted by atomic mass is 10.0. The van der Waals surface area contributed by atoms with Gasteiger partial charge < -0.3 is 9.84 Å². The summed E-state index contributed by atoms with van der Waals surface area (Å²) in [4.78, 5) is 6.22. The third kappa shape index (κ3) is 4.11. The summed E-state index contributed by atoms with van der Waals surface area (Å²) in [6.07, 6.45) is -2.94. The molecule has 1 aliphatic heterocycles. The van der Waals surface area contributed by atoms with Crippen LogP contribution in [0.25, 0.3) is 0 Å². The van der Waals surface area contributed by atoms with Crippen LogP contribution in [-0.2, 0) is 12.7 Å². The Hall–Kier alpha value is -2.12. The van der Waals surface area contributed by atoms with Gasteiger partial charge in [0.05, 0.1) is 24.5 Å². The Morgan fingerprint density at radius 3 is 2.80 bits per heavy atom. The van der Waals surface area contributed by atoms with Crippen molar-refractivity contribution in [2.75, 3.05) is 13.7 Å². The topological polar surface area (TPSA) is 45.6 Å². The first-order chi connectivity index (χ1) is 11.9. The third-order valence-corrected chi connectivity index (χ3v) is 4.37. The Balaban J connectivity index is 1.84. The summed E-state index contributed by atoms with van der Waals surface area (Å²) in [5.41, 5.74) is 0.616. The van der Waals surface area contributed by atoms with Gasteiger partial charge in [0, 0.05) is 31.4 Å². The monoisotopic (exact) mass is 352 g/mol. The molecule has 4 nitrogen and oxygen atoms in total. The number of aromatic nitrogens is 1. The zero-order chi connectivity index (χ0) is 18.0. The van der Waals surface area contributed by atoms with E-state index in [9.17, 15) is 18.3 Å². The molecule has 0 spiro atoms. The van der Waals surface area contributed by atoms with Crippen molar-refractivity contribution in [3.8, 4) is 5.75 Å². The molecule has 0 aliphatic carbocycles. The smallest absolute Gasteiger partial charge is 0.416 e. The van der Waals surface area contributed by atoms with Gasteiger partial charge in [-0.2, -0.15) is 13.2 Å². The van der Waals surface area contributed by atoms with Crippen molar-refractivity contribution in [2.24, 2.45) is 0 Å². The first kappa shape index (κ1) is 17.7. The van der Waals surface area contributed by atoms with Crippen LogP contribution in [0, 0.1) is 0 Å². The number of aliphatic hydroxyl groups excluding tert-OH is 1. The first-order valence-electron chi connectivity index (χ1n) is 7.95. The van der Waals surface area contributed by atoms with Crippen molar-refractivity contribution in [2.45, 2.75) is 31.3 Å². The van der Waals surface area contributed by atoms with Crippen LogP contribution >= 0.6 is 0 Å². The predicted molar refractivity (Wildman–Crippen MR) is 86.0 cm³/mol. The van der Waals surface area contributed by atoms with E-state index in [4.69, 9.17) is 4.74 Å². The number of pyridine rings is 1. The second kappa shape index (κ2) is 7.01. The van der Waals surface area contributed by atoms with Gasteiger partial charge in [-0.3, -0.25) is 9.88 Å². The highest BCUT2D eigenvalue weighted by Crippen LogP contribution is 2.36. The zero-order valence-corrected chi connectivity index (χ0v) is 13.7. The van der Waals surface area contributed by atoms with Gasteiger partial charge in [0.25, 0.3) is 0 Å². The number of alkyl halides is 3. The highest BCUT2D eigenvalue weighted by atomic mass is 19.4. The molecule has 0 radical (unpaired) electrons. The maximum Gasteiger partial charge on any atom is 0.416 e. The molecule has 25 heavy (non-hydrogen) atoms. The highest BCUT2D eigenvalue weighted by molar-refractivity contribution is 5.29. The number of likely N-dealkylation sites (tertiary alicyclic amines) is 1. The molecular formula is C18H19F3N2O2. The normalized spacial score (nSPS) is 21.5. The molecule has 1 saturated heterocycles. The van der Waals surface area contributed by atoms with Gasteiger partial charge in [-0.25, -0.2) is 0 Å². The number of nitrogens with zero attached hydrogens (tertiary/aromatic N) is 2. The Morgan fingerprint density at radius 2 is 2.08 bits per heavy atom. The quantitative estimate of drug-likeness (QED) is 0.916. The van der Waals surface area contributed by atoms with Crippen molar-refractivity contribution >= 4 is 0 Å². The molecule has 2 atom stereocenters. The lowest BCUT2D eigenvalue weighted by molar-refractivity contribution is -0.137. The minimum absolute atomic E-state index is 0.287. The van der Waals surface area contributed by atoms with Gasteiger partial charge in [0.1, 0.15) is 5.75 Å². The van der Waals surface area contributed by atoms with E-state index in [-0.39, 0.29) is 6.04 Å². The van der Waals surface area contributed by atoms with Crippen LogP contribution in [0.5, 0.6) is 5.75 Å². The molecule has 1 aromatic heterocycles. The standard InChI is InChI=1S/C18H19F3N2O2/c1-25-16-5-6-22-14(8-16)10-23-11-15(24)9-17(23)12-3-2-4-13(7-12)18(19,20)21/h2-8,15,17,24H,9-11H2,1H3/t15-,17+/m0/s1. The van der Waals surface area contributed by atoms with E-state index >= 15 is 0 Å².